The number of aliphatic hydroxyl groups excluding tert-OH is 1. The van der Waals surface area contributed by atoms with Gasteiger partial charge in [-0.2, -0.15) is 0 Å². The molecule has 0 bridgehead atoms. The molecule has 152 valence electrons. The van der Waals surface area contributed by atoms with Crippen molar-refractivity contribution in [2.45, 2.75) is 25.8 Å². The van der Waals surface area contributed by atoms with Crippen LogP contribution in [0.25, 0.3) is 10.9 Å². The molecule has 1 atom stereocenters. The Morgan fingerprint density at radius 1 is 1.34 bits per heavy atom. The molecule has 0 saturated heterocycles. The molecule has 2 aromatic heterocycles. The Labute approximate surface area is 178 Å². The van der Waals surface area contributed by atoms with E-state index in [-0.39, 0.29) is 25.1 Å². The van der Waals surface area contributed by atoms with Crippen LogP contribution in [0, 0.1) is 6.92 Å². The maximum absolute atomic E-state index is 12.6. The van der Waals surface area contributed by atoms with Crippen LogP contribution in [-0.4, -0.2) is 45.6 Å². The molecule has 4 rings (SSSR count). The van der Waals surface area contributed by atoms with E-state index in [0.717, 1.165) is 29.6 Å². The molecule has 1 unspecified atom stereocenters. The number of rotatable bonds is 5. The summed E-state index contributed by atoms with van der Waals surface area (Å²) in [5, 5.41) is 14.8. The second-order valence-electron chi connectivity index (χ2n) is 7.27. The molecular formula is C21H22Cl2N4O2. The lowest BCUT2D eigenvalue weighted by Gasteiger charge is -2.35. The van der Waals surface area contributed by atoms with Gasteiger partial charge < -0.3 is 15.4 Å². The number of carbonyl (C=O) groups is 1. The van der Waals surface area contributed by atoms with E-state index in [1.54, 1.807) is 19.1 Å². The number of aromatic nitrogens is 2. The van der Waals surface area contributed by atoms with Crippen molar-refractivity contribution >= 4 is 45.8 Å². The van der Waals surface area contributed by atoms with Gasteiger partial charge in [-0.1, -0.05) is 23.2 Å². The zero-order valence-corrected chi connectivity index (χ0v) is 17.5. The fraction of sp³-hybridized carbons (Fsp3) is 0.333. The lowest BCUT2D eigenvalue weighted by atomic mass is 9.95. The maximum atomic E-state index is 12.6. The van der Waals surface area contributed by atoms with Crippen molar-refractivity contribution in [1.82, 2.24) is 14.9 Å². The highest BCUT2D eigenvalue weighted by Crippen LogP contribution is 2.37. The molecule has 3 heterocycles. The summed E-state index contributed by atoms with van der Waals surface area (Å²) >= 11 is 12.2. The molecule has 0 aliphatic carbocycles. The third-order valence-corrected chi connectivity index (χ3v) is 6.00. The third-order valence-electron chi connectivity index (χ3n) is 5.36. The minimum absolute atomic E-state index is 0.0380. The van der Waals surface area contributed by atoms with Gasteiger partial charge in [-0.05, 0) is 55.7 Å². The molecular weight excluding hydrogens is 411 g/mol. The number of aliphatic hydroxyl groups is 1. The van der Waals surface area contributed by atoms with Gasteiger partial charge in [-0.25, -0.2) is 4.98 Å². The smallest absolute Gasteiger partial charge is 0.239 e. The summed E-state index contributed by atoms with van der Waals surface area (Å²) < 4.78 is 0. The van der Waals surface area contributed by atoms with E-state index < -0.39 is 0 Å². The van der Waals surface area contributed by atoms with E-state index >= 15 is 0 Å². The number of pyridine rings is 1. The predicted molar refractivity (Wildman–Crippen MR) is 116 cm³/mol. The number of fused-ring (bicyclic) bond motifs is 3. The minimum atomic E-state index is -0.148. The molecule has 1 aliphatic heterocycles. The number of amides is 1. The van der Waals surface area contributed by atoms with Crippen LogP contribution >= 0.6 is 23.2 Å². The highest BCUT2D eigenvalue weighted by molar-refractivity contribution is 6.31. The average Bonchev–Trinajstić information content (AvgIpc) is 3.05. The van der Waals surface area contributed by atoms with Crippen molar-refractivity contribution in [2.75, 3.05) is 25.0 Å². The van der Waals surface area contributed by atoms with Crippen LogP contribution in [0.3, 0.4) is 0 Å². The SMILES string of the molecule is Cc1nc(NC(=O)CN2CCc3c([nH]c4ccc(Cl)cc34)C2CCO)ccc1Cl. The fourth-order valence-corrected chi connectivity index (χ4v) is 4.28. The first kappa shape index (κ1) is 20.2. The van der Waals surface area contributed by atoms with Gasteiger partial charge in [0, 0.05) is 34.8 Å². The van der Waals surface area contributed by atoms with E-state index in [1.807, 2.05) is 18.2 Å². The zero-order valence-electron chi connectivity index (χ0n) is 16.0. The Hall–Kier alpha value is -2.12. The first-order chi connectivity index (χ1) is 14.0. The number of hydrogen-bond donors (Lipinski definition) is 3. The van der Waals surface area contributed by atoms with Gasteiger partial charge >= 0.3 is 0 Å². The molecule has 0 spiro atoms. The molecule has 6 nitrogen and oxygen atoms in total. The van der Waals surface area contributed by atoms with Crippen LogP contribution in [-0.2, 0) is 11.2 Å². The zero-order chi connectivity index (χ0) is 20.5. The van der Waals surface area contributed by atoms with E-state index in [9.17, 15) is 9.90 Å². The largest absolute Gasteiger partial charge is 0.396 e. The summed E-state index contributed by atoms with van der Waals surface area (Å²) in [4.78, 5) is 22.5. The van der Waals surface area contributed by atoms with Crippen LogP contribution in [0.5, 0.6) is 0 Å². The molecule has 0 fully saturated rings. The van der Waals surface area contributed by atoms with E-state index in [4.69, 9.17) is 23.2 Å². The van der Waals surface area contributed by atoms with Gasteiger partial charge in [0.15, 0.2) is 0 Å². The number of aryl methyl sites for hydroxylation is 1. The van der Waals surface area contributed by atoms with Gasteiger partial charge in [0.1, 0.15) is 5.82 Å². The number of carbonyl (C=O) groups excluding carboxylic acids is 1. The van der Waals surface area contributed by atoms with Crippen molar-refractivity contribution in [3.05, 3.63) is 57.3 Å². The second-order valence-corrected chi connectivity index (χ2v) is 8.11. The topological polar surface area (TPSA) is 81.2 Å². The van der Waals surface area contributed by atoms with Crippen LogP contribution in [0.4, 0.5) is 5.82 Å². The number of hydrogen-bond acceptors (Lipinski definition) is 4. The van der Waals surface area contributed by atoms with Gasteiger partial charge in [0.2, 0.25) is 5.91 Å². The predicted octanol–water partition coefficient (Wildman–Crippen LogP) is 4.10. The lowest BCUT2D eigenvalue weighted by Crippen LogP contribution is -2.41. The summed E-state index contributed by atoms with van der Waals surface area (Å²) in [5.41, 5.74) is 3.96. The standard InChI is InChI=1S/C21H22Cl2N4O2/c1-12-16(23)3-5-19(24-12)26-20(29)11-27-8-6-14-15-10-13(22)2-4-17(15)25-21(14)18(27)7-9-28/h2-5,10,18,25,28H,6-9,11H2,1H3,(H,24,26,29). The number of H-pyrrole nitrogens is 1. The molecule has 1 aromatic carbocycles. The normalized spacial score (nSPS) is 16.8. The number of halogens is 2. The number of anilines is 1. The first-order valence-electron chi connectivity index (χ1n) is 9.54. The molecule has 8 heteroatoms. The third kappa shape index (κ3) is 4.12. The highest BCUT2D eigenvalue weighted by atomic mass is 35.5. The van der Waals surface area contributed by atoms with Crippen molar-refractivity contribution in [3.63, 3.8) is 0 Å². The molecule has 1 amide bonds. The Morgan fingerprint density at radius 3 is 2.93 bits per heavy atom. The molecule has 3 aromatic rings. The summed E-state index contributed by atoms with van der Waals surface area (Å²) in [6, 6.07) is 9.14. The summed E-state index contributed by atoms with van der Waals surface area (Å²) in [6.45, 7) is 2.76. The number of nitrogens with zero attached hydrogens (tertiary/aromatic N) is 2. The number of nitrogens with one attached hydrogen (secondary N) is 2. The van der Waals surface area contributed by atoms with Gasteiger partial charge in [-0.15, -0.1) is 0 Å². The monoisotopic (exact) mass is 432 g/mol. The van der Waals surface area contributed by atoms with Crippen molar-refractivity contribution in [3.8, 4) is 0 Å². The Morgan fingerprint density at radius 2 is 2.17 bits per heavy atom. The number of benzene rings is 1. The van der Waals surface area contributed by atoms with Crippen molar-refractivity contribution in [1.29, 1.82) is 0 Å². The minimum Gasteiger partial charge on any atom is -0.396 e. The molecule has 1 aliphatic rings. The molecule has 0 radical (unpaired) electrons. The summed E-state index contributed by atoms with van der Waals surface area (Å²) in [7, 11) is 0. The molecule has 29 heavy (non-hydrogen) atoms. The van der Waals surface area contributed by atoms with E-state index in [0.29, 0.717) is 28.0 Å². The quantitative estimate of drug-likeness (QED) is 0.566. The van der Waals surface area contributed by atoms with Crippen LogP contribution in [0.2, 0.25) is 10.0 Å². The average molecular weight is 433 g/mol. The van der Waals surface area contributed by atoms with E-state index in [1.165, 1.54) is 5.56 Å². The fourth-order valence-electron chi connectivity index (χ4n) is 4.01. The second kappa shape index (κ2) is 8.32. The van der Waals surface area contributed by atoms with Crippen molar-refractivity contribution in [2.24, 2.45) is 0 Å². The van der Waals surface area contributed by atoms with Crippen LogP contribution in [0.1, 0.15) is 29.4 Å². The van der Waals surface area contributed by atoms with Gasteiger partial charge in [-0.3, -0.25) is 9.69 Å². The van der Waals surface area contributed by atoms with Gasteiger partial charge in [0.25, 0.3) is 0 Å². The summed E-state index contributed by atoms with van der Waals surface area (Å²) in [6.07, 6.45) is 1.35. The summed E-state index contributed by atoms with van der Waals surface area (Å²) in [5.74, 6) is 0.332. The maximum Gasteiger partial charge on any atom is 0.239 e. The number of aromatic amines is 1. The van der Waals surface area contributed by atoms with Crippen molar-refractivity contribution < 1.29 is 9.90 Å². The first-order valence-corrected chi connectivity index (χ1v) is 10.3. The van der Waals surface area contributed by atoms with Gasteiger partial charge in [0.05, 0.1) is 23.3 Å². The Bertz CT molecular complexity index is 1070. The van der Waals surface area contributed by atoms with Crippen LogP contribution in [0.15, 0.2) is 30.3 Å². The lowest BCUT2D eigenvalue weighted by molar-refractivity contribution is -0.118. The molecule has 3 N–H and O–H groups in total. The Balaban J connectivity index is 1.55. The highest BCUT2D eigenvalue weighted by Gasteiger charge is 2.31. The van der Waals surface area contributed by atoms with E-state index in [2.05, 4.69) is 20.2 Å². The van der Waals surface area contributed by atoms with Crippen LogP contribution < -0.4 is 5.32 Å². The molecule has 0 saturated carbocycles. The Kier molecular flexibility index (Phi) is 5.79.